The Morgan fingerprint density at radius 2 is 1.89 bits per heavy atom. The van der Waals surface area contributed by atoms with Crippen molar-refractivity contribution in [1.82, 2.24) is 5.32 Å². The largest absolute Gasteiger partial charge is 0.481 e. The number of carbonyl (C=O) groups is 1. The van der Waals surface area contributed by atoms with Gasteiger partial charge >= 0.3 is 0 Å². The van der Waals surface area contributed by atoms with Crippen molar-refractivity contribution >= 4 is 5.91 Å². The van der Waals surface area contributed by atoms with Crippen molar-refractivity contribution in [2.75, 3.05) is 0 Å². The van der Waals surface area contributed by atoms with Gasteiger partial charge < -0.3 is 10.1 Å². The molecule has 1 aliphatic carbocycles. The van der Waals surface area contributed by atoms with Gasteiger partial charge in [-0.1, -0.05) is 19.3 Å². The molecule has 1 saturated carbocycles. The van der Waals surface area contributed by atoms with E-state index in [0.29, 0.717) is 5.75 Å². The standard InChI is InChI=1S/C15H20FNO2/c1-11(19-14-9-7-12(16)8-10-14)15(18)17-13-5-3-2-4-6-13/h7-11,13H,2-6H2,1H3,(H,17,18)/t11-/m0/s1. The van der Waals surface area contributed by atoms with Crippen molar-refractivity contribution < 1.29 is 13.9 Å². The second-order valence-corrected chi connectivity index (χ2v) is 5.06. The number of halogens is 1. The molecule has 1 fully saturated rings. The third-order valence-corrected chi connectivity index (χ3v) is 3.45. The average Bonchev–Trinajstić information content (AvgIpc) is 2.42. The summed E-state index contributed by atoms with van der Waals surface area (Å²) in [5.74, 6) is 0.0931. The molecule has 19 heavy (non-hydrogen) atoms. The second kappa shape index (κ2) is 6.55. The van der Waals surface area contributed by atoms with Gasteiger partial charge in [0.25, 0.3) is 5.91 Å². The third kappa shape index (κ3) is 4.23. The van der Waals surface area contributed by atoms with Crippen molar-refractivity contribution in [3.8, 4) is 5.75 Å². The van der Waals surface area contributed by atoms with Gasteiger partial charge in [-0.2, -0.15) is 0 Å². The van der Waals surface area contributed by atoms with Gasteiger partial charge in [-0.25, -0.2) is 4.39 Å². The molecule has 3 nitrogen and oxygen atoms in total. The molecule has 4 heteroatoms. The smallest absolute Gasteiger partial charge is 0.260 e. The van der Waals surface area contributed by atoms with Crippen LogP contribution in [0, 0.1) is 5.82 Å². The van der Waals surface area contributed by atoms with Gasteiger partial charge in [-0.3, -0.25) is 4.79 Å². The maximum Gasteiger partial charge on any atom is 0.260 e. The number of rotatable bonds is 4. The number of hydrogen-bond donors (Lipinski definition) is 1. The Labute approximate surface area is 113 Å². The van der Waals surface area contributed by atoms with Crippen molar-refractivity contribution in [3.63, 3.8) is 0 Å². The van der Waals surface area contributed by atoms with E-state index in [0.717, 1.165) is 12.8 Å². The van der Waals surface area contributed by atoms with Crippen LogP contribution in [0.15, 0.2) is 24.3 Å². The lowest BCUT2D eigenvalue weighted by atomic mass is 9.95. The summed E-state index contributed by atoms with van der Waals surface area (Å²) < 4.78 is 18.3. The van der Waals surface area contributed by atoms with Crippen LogP contribution in [0.2, 0.25) is 0 Å². The number of hydrogen-bond acceptors (Lipinski definition) is 2. The molecule has 0 unspecified atom stereocenters. The number of carbonyl (C=O) groups excluding carboxylic acids is 1. The Hall–Kier alpha value is -1.58. The Balaban J connectivity index is 1.83. The fraction of sp³-hybridized carbons (Fsp3) is 0.533. The number of nitrogens with one attached hydrogen (secondary N) is 1. The first-order valence-electron chi connectivity index (χ1n) is 6.88. The molecule has 1 amide bonds. The maximum atomic E-state index is 12.8. The summed E-state index contributed by atoms with van der Waals surface area (Å²) >= 11 is 0. The minimum Gasteiger partial charge on any atom is -0.481 e. The van der Waals surface area contributed by atoms with Crippen LogP contribution >= 0.6 is 0 Å². The summed E-state index contributed by atoms with van der Waals surface area (Å²) in [6.45, 7) is 1.71. The van der Waals surface area contributed by atoms with Gasteiger partial charge in [0.05, 0.1) is 0 Å². The van der Waals surface area contributed by atoms with Crippen LogP contribution in [0.1, 0.15) is 39.0 Å². The summed E-state index contributed by atoms with van der Waals surface area (Å²) in [5.41, 5.74) is 0. The number of ether oxygens (including phenoxy) is 1. The number of benzene rings is 1. The topological polar surface area (TPSA) is 38.3 Å². The summed E-state index contributed by atoms with van der Waals surface area (Å²) in [4.78, 5) is 12.0. The highest BCUT2D eigenvalue weighted by Gasteiger charge is 2.20. The molecule has 1 aliphatic rings. The predicted octanol–water partition coefficient (Wildman–Crippen LogP) is 3.04. The van der Waals surface area contributed by atoms with Crippen LogP contribution in [0.5, 0.6) is 5.75 Å². The van der Waals surface area contributed by atoms with E-state index in [-0.39, 0.29) is 17.8 Å². The van der Waals surface area contributed by atoms with Gasteiger partial charge in [0.1, 0.15) is 11.6 Å². The highest BCUT2D eigenvalue weighted by molar-refractivity contribution is 5.81. The molecule has 0 saturated heterocycles. The minimum atomic E-state index is -0.563. The van der Waals surface area contributed by atoms with Crippen LogP contribution < -0.4 is 10.1 Å². The summed E-state index contributed by atoms with van der Waals surface area (Å²) in [6, 6.07) is 5.97. The Kier molecular flexibility index (Phi) is 4.77. The Morgan fingerprint density at radius 1 is 1.26 bits per heavy atom. The fourth-order valence-electron chi connectivity index (χ4n) is 2.34. The van der Waals surface area contributed by atoms with Crippen molar-refractivity contribution in [1.29, 1.82) is 0 Å². The number of amides is 1. The molecule has 0 heterocycles. The van der Waals surface area contributed by atoms with E-state index in [1.165, 1.54) is 43.5 Å². The first kappa shape index (κ1) is 13.8. The molecule has 1 aromatic rings. The molecule has 2 rings (SSSR count). The highest BCUT2D eigenvalue weighted by Crippen LogP contribution is 2.18. The zero-order valence-corrected chi connectivity index (χ0v) is 11.2. The minimum absolute atomic E-state index is 0.101. The second-order valence-electron chi connectivity index (χ2n) is 5.06. The van der Waals surface area contributed by atoms with Crippen molar-refractivity contribution in [3.05, 3.63) is 30.1 Å². The zero-order valence-electron chi connectivity index (χ0n) is 11.2. The van der Waals surface area contributed by atoms with Crippen LogP contribution in [-0.2, 0) is 4.79 Å². The lowest BCUT2D eigenvalue weighted by Crippen LogP contribution is -2.43. The summed E-state index contributed by atoms with van der Waals surface area (Å²) in [7, 11) is 0. The average molecular weight is 265 g/mol. The molecular weight excluding hydrogens is 245 g/mol. The van der Waals surface area contributed by atoms with E-state index in [4.69, 9.17) is 4.74 Å². The van der Waals surface area contributed by atoms with Crippen molar-refractivity contribution in [2.24, 2.45) is 0 Å². The molecule has 0 aliphatic heterocycles. The molecule has 0 aromatic heterocycles. The highest BCUT2D eigenvalue weighted by atomic mass is 19.1. The third-order valence-electron chi connectivity index (χ3n) is 3.45. The van der Waals surface area contributed by atoms with Crippen LogP contribution in [0.3, 0.4) is 0 Å². The molecule has 1 N–H and O–H groups in total. The molecule has 1 aromatic carbocycles. The van der Waals surface area contributed by atoms with Gasteiger partial charge in [0.15, 0.2) is 6.10 Å². The van der Waals surface area contributed by atoms with E-state index in [9.17, 15) is 9.18 Å². The first-order chi connectivity index (χ1) is 9.15. The van der Waals surface area contributed by atoms with Crippen LogP contribution in [0.4, 0.5) is 4.39 Å². The predicted molar refractivity (Wildman–Crippen MR) is 71.5 cm³/mol. The lowest BCUT2D eigenvalue weighted by molar-refractivity contribution is -0.128. The van der Waals surface area contributed by atoms with E-state index in [1.54, 1.807) is 6.92 Å². The Morgan fingerprint density at radius 3 is 2.53 bits per heavy atom. The quantitative estimate of drug-likeness (QED) is 0.908. The van der Waals surface area contributed by atoms with Crippen LogP contribution in [-0.4, -0.2) is 18.1 Å². The fourth-order valence-corrected chi connectivity index (χ4v) is 2.34. The van der Waals surface area contributed by atoms with Gasteiger partial charge in [-0.05, 0) is 44.0 Å². The molecule has 1 atom stereocenters. The van der Waals surface area contributed by atoms with Gasteiger partial charge in [0.2, 0.25) is 0 Å². The van der Waals surface area contributed by atoms with E-state index >= 15 is 0 Å². The van der Waals surface area contributed by atoms with Crippen molar-refractivity contribution in [2.45, 2.75) is 51.2 Å². The molecular formula is C15H20FNO2. The lowest BCUT2D eigenvalue weighted by Gasteiger charge is -2.24. The summed E-state index contributed by atoms with van der Waals surface area (Å²) in [6.07, 6.45) is 5.15. The normalized spacial score (nSPS) is 17.8. The molecule has 104 valence electrons. The van der Waals surface area contributed by atoms with E-state index in [2.05, 4.69) is 5.32 Å². The van der Waals surface area contributed by atoms with Gasteiger partial charge in [-0.15, -0.1) is 0 Å². The van der Waals surface area contributed by atoms with Crippen LogP contribution in [0.25, 0.3) is 0 Å². The molecule has 0 spiro atoms. The monoisotopic (exact) mass is 265 g/mol. The van der Waals surface area contributed by atoms with E-state index < -0.39 is 6.10 Å². The maximum absolute atomic E-state index is 12.8. The summed E-state index contributed by atoms with van der Waals surface area (Å²) in [5, 5.41) is 3.01. The SMILES string of the molecule is C[C@H](Oc1ccc(F)cc1)C(=O)NC1CCCCC1. The molecule has 0 radical (unpaired) electrons. The zero-order chi connectivity index (χ0) is 13.7. The Bertz CT molecular complexity index is 413. The molecule has 0 bridgehead atoms. The first-order valence-corrected chi connectivity index (χ1v) is 6.88. The van der Waals surface area contributed by atoms with Gasteiger partial charge in [0, 0.05) is 6.04 Å². The van der Waals surface area contributed by atoms with E-state index in [1.807, 2.05) is 0 Å².